The first-order chi connectivity index (χ1) is 9.70. The number of hydrogen-bond donors (Lipinski definition) is 2. The fourth-order valence-electron chi connectivity index (χ4n) is 2.33. The van der Waals surface area contributed by atoms with Gasteiger partial charge in [0.2, 0.25) is 0 Å². The van der Waals surface area contributed by atoms with E-state index in [-0.39, 0.29) is 6.04 Å². The van der Waals surface area contributed by atoms with Crippen LogP contribution in [0.1, 0.15) is 17.2 Å². The second-order valence-electron chi connectivity index (χ2n) is 4.45. The van der Waals surface area contributed by atoms with Crippen LogP contribution in [0.2, 0.25) is 5.02 Å². The highest BCUT2D eigenvalue weighted by Crippen LogP contribution is 2.35. The molecule has 0 bridgehead atoms. The summed E-state index contributed by atoms with van der Waals surface area (Å²) < 4.78 is 2.22. The number of hydrogen-bond acceptors (Lipinski definition) is 3. The standard InChI is InChI=1S/C15H12BrClN2S/c16-13-5-4-10(17)8-12(13)14(19-18)11-3-1-2-9-6-7-20-15(9)11/h1-8,14,19H,18H2. The van der Waals surface area contributed by atoms with Crippen molar-refractivity contribution in [2.24, 2.45) is 5.84 Å². The lowest BCUT2D eigenvalue weighted by Crippen LogP contribution is -2.29. The number of hydrazine groups is 1. The Morgan fingerprint density at radius 2 is 2.00 bits per heavy atom. The molecule has 0 saturated heterocycles. The highest BCUT2D eigenvalue weighted by Gasteiger charge is 2.18. The molecule has 3 rings (SSSR count). The van der Waals surface area contributed by atoms with Gasteiger partial charge in [0, 0.05) is 14.2 Å². The predicted molar refractivity (Wildman–Crippen MR) is 90.1 cm³/mol. The Balaban J connectivity index is 2.19. The van der Waals surface area contributed by atoms with Crippen molar-refractivity contribution in [1.29, 1.82) is 0 Å². The molecule has 3 aromatic rings. The maximum Gasteiger partial charge on any atom is 0.0735 e. The Kier molecular flexibility index (Phi) is 4.10. The van der Waals surface area contributed by atoms with Crippen LogP contribution >= 0.6 is 38.9 Å². The topological polar surface area (TPSA) is 38.0 Å². The maximum atomic E-state index is 6.12. The molecule has 0 fully saturated rings. The number of fused-ring (bicyclic) bond motifs is 1. The summed E-state index contributed by atoms with van der Waals surface area (Å²) in [6.45, 7) is 0. The number of halogens is 2. The van der Waals surface area contributed by atoms with Crippen molar-refractivity contribution in [1.82, 2.24) is 5.43 Å². The summed E-state index contributed by atoms with van der Waals surface area (Å²) in [4.78, 5) is 0. The van der Waals surface area contributed by atoms with Crippen LogP contribution in [-0.4, -0.2) is 0 Å². The Morgan fingerprint density at radius 3 is 2.80 bits per heavy atom. The Hall–Kier alpha value is -0.910. The van der Waals surface area contributed by atoms with E-state index in [9.17, 15) is 0 Å². The van der Waals surface area contributed by atoms with Gasteiger partial charge in [0.25, 0.3) is 0 Å². The fourth-order valence-corrected chi connectivity index (χ4v) is 3.93. The minimum atomic E-state index is -0.106. The average Bonchev–Trinajstić information content (AvgIpc) is 2.92. The van der Waals surface area contributed by atoms with E-state index in [0.29, 0.717) is 5.02 Å². The Labute approximate surface area is 134 Å². The zero-order valence-corrected chi connectivity index (χ0v) is 13.6. The summed E-state index contributed by atoms with van der Waals surface area (Å²) in [6, 6.07) is 14.0. The third-order valence-corrected chi connectivity index (χ3v) is 5.19. The SMILES string of the molecule is NNC(c1cc(Cl)ccc1Br)c1cccc2ccsc12. The lowest BCUT2D eigenvalue weighted by molar-refractivity contribution is 0.639. The summed E-state index contributed by atoms with van der Waals surface area (Å²) >= 11 is 11.4. The zero-order chi connectivity index (χ0) is 14.1. The van der Waals surface area contributed by atoms with E-state index in [1.807, 2.05) is 24.3 Å². The van der Waals surface area contributed by atoms with Gasteiger partial charge in [-0.25, -0.2) is 5.43 Å². The van der Waals surface area contributed by atoms with Gasteiger partial charge in [-0.2, -0.15) is 0 Å². The predicted octanol–water partition coefficient (Wildman–Crippen LogP) is 4.87. The molecule has 0 aliphatic rings. The number of nitrogens with two attached hydrogens (primary N) is 1. The first-order valence-corrected chi connectivity index (χ1v) is 8.13. The van der Waals surface area contributed by atoms with E-state index in [4.69, 9.17) is 17.4 Å². The highest BCUT2D eigenvalue weighted by atomic mass is 79.9. The molecule has 20 heavy (non-hydrogen) atoms. The molecule has 1 aromatic heterocycles. The molecule has 0 spiro atoms. The van der Waals surface area contributed by atoms with Gasteiger partial charge in [-0.15, -0.1) is 11.3 Å². The van der Waals surface area contributed by atoms with Crippen LogP contribution in [-0.2, 0) is 0 Å². The lowest BCUT2D eigenvalue weighted by Gasteiger charge is -2.19. The molecule has 1 heterocycles. The third-order valence-electron chi connectivity index (χ3n) is 3.26. The molecule has 0 aliphatic carbocycles. The van der Waals surface area contributed by atoms with Gasteiger partial charge in [-0.1, -0.05) is 45.7 Å². The van der Waals surface area contributed by atoms with Crippen LogP contribution in [0, 0.1) is 0 Å². The van der Waals surface area contributed by atoms with Crippen LogP contribution in [0.15, 0.2) is 52.3 Å². The smallest absolute Gasteiger partial charge is 0.0735 e. The zero-order valence-electron chi connectivity index (χ0n) is 10.4. The third kappa shape index (κ3) is 2.50. The molecule has 1 unspecified atom stereocenters. The van der Waals surface area contributed by atoms with Crippen LogP contribution in [0.25, 0.3) is 10.1 Å². The van der Waals surface area contributed by atoms with Gasteiger partial charge >= 0.3 is 0 Å². The quantitative estimate of drug-likeness (QED) is 0.512. The van der Waals surface area contributed by atoms with Gasteiger partial charge < -0.3 is 0 Å². The number of thiophene rings is 1. The van der Waals surface area contributed by atoms with Gasteiger partial charge in [0.05, 0.1) is 6.04 Å². The van der Waals surface area contributed by atoms with Gasteiger partial charge in [0.1, 0.15) is 0 Å². The highest BCUT2D eigenvalue weighted by molar-refractivity contribution is 9.10. The lowest BCUT2D eigenvalue weighted by atomic mass is 9.98. The van der Waals surface area contributed by atoms with Crippen LogP contribution in [0.4, 0.5) is 0 Å². The van der Waals surface area contributed by atoms with Gasteiger partial charge in [-0.3, -0.25) is 5.84 Å². The van der Waals surface area contributed by atoms with Crippen molar-refractivity contribution in [3.8, 4) is 0 Å². The Bertz CT molecular complexity index is 756. The molecule has 3 N–H and O–H groups in total. The van der Waals surface area contributed by atoms with Gasteiger partial charge in [0.15, 0.2) is 0 Å². The molecule has 2 aromatic carbocycles. The Morgan fingerprint density at radius 1 is 1.15 bits per heavy atom. The summed E-state index contributed by atoms with van der Waals surface area (Å²) in [5.41, 5.74) is 5.09. The summed E-state index contributed by atoms with van der Waals surface area (Å²) in [7, 11) is 0. The summed E-state index contributed by atoms with van der Waals surface area (Å²) in [5.74, 6) is 5.81. The van der Waals surface area contributed by atoms with E-state index >= 15 is 0 Å². The van der Waals surface area contributed by atoms with Crippen molar-refractivity contribution in [3.63, 3.8) is 0 Å². The largest absolute Gasteiger partial charge is 0.271 e. The minimum Gasteiger partial charge on any atom is -0.271 e. The molecule has 0 radical (unpaired) electrons. The monoisotopic (exact) mass is 366 g/mol. The van der Waals surface area contributed by atoms with E-state index < -0.39 is 0 Å². The number of rotatable bonds is 3. The van der Waals surface area contributed by atoms with Crippen molar-refractivity contribution >= 4 is 49.0 Å². The van der Waals surface area contributed by atoms with Crippen LogP contribution in [0.5, 0.6) is 0 Å². The summed E-state index contributed by atoms with van der Waals surface area (Å²) in [6.07, 6.45) is 0. The average molecular weight is 368 g/mol. The van der Waals surface area contributed by atoms with Crippen molar-refractivity contribution < 1.29 is 0 Å². The molecular weight excluding hydrogens is 356 g/mol. The molecule has 5 heteroatoms. The number of benzene rings is 2. The fraction of sp³-hybridized carbons (Fsp3) is 0.0667. The molecule has 2 nitrogen and oxygen atoms in total. The van der Waals surface area contributed by atoms with E-state index in [1.165, 1.54) is 10.1 Å². The van der Waals surface area contributed by atoms with Crippen LogP contribution in [0.3, 0.4) is 0 Å². The molecular formula is C15H12BrClN2S. The second kappa shape index (κ2) is 5.84. The molecule has 102 valence electrons. The second-order valence-corrected chi connectivity index (χ2v) is 6.66. The maximum absolute atomic E-state index is 6.12. The summed E-state index contributed by atoms with van der Waals surface area (Å²) in [5, 5.41) is 4.02. The van der Waals surface area contributed by atoms with Gasteiger partial charge in [-0.05, 0) is 46.2 Å². The molecule has 1 atom stereocenters. The number of nitrogens with one attached hydrogen (secondary N) is 1. The van der Waals surface area contributed by atoms with Crippen molar-refractivity contribution in [2.75, 3.05) is 0 Å². The molecule has 0 amide bonds. The first kappa shape index (κ1) is 14.0. The van der Waals surface area contributed by atoms with Crippen molar-refractivity contribution in [2.45, 2.75) is 6.04 Å². The molecule has 0 aliphatic heterocycles. The van der Waals surface area contributed by atoms with E-state index in [2.05, 4.69) is 44.9 Å². The minimum absolute atomic E-state index is 0.106. The first-order valence-electron chi connectivity index (χ1n) is 6.08. The van der Waals surface area contributed by atoms with Crippen LogP contribution < -0.4 is 11.3 Å². The normalized spacial score (nSPS) is 12.8. The van der Waals surface area contributed by atoms with E-state index in [0.717, 1.165) is 15.6 Å². The van der Waals surface area contributed by atoms with E-state index in [1.54, 1.807) is 11.3 Å². The molecule has 0 saturated carbocycles. The van der Waals surface area contributed by atoms with Crippen molar-refractivity contribution in [3.05, 3.63) is 68.5 Å².